The molecule has 0 radical (unpaired) electrons. The summed E-state index contributed by atoms with van der Waals surface area (Å²) in [7, 11) is 0. The monoisotopic (exact) mass is 526 g/mol. The number of nitrogens with zero attached hydrogens (tertiary/aromatic N) is 1. The molecule has 0 spiro atoms. The predicted molar refractivity (Wildman–Crippen MR) is 127 cm³/mol. The summed E-state index contributed by atoms with van der Waals surface area (Å²) in [4.78, 5) is 13.9. The van der Waals surface area contributed by atoms with Crippen LogP contribution in [0.1, 0.15) is 53.1 Å². The van der Waals surface area contributed by atoms with Gasteiger partial charge in [-0.3, -0.25) is 0 Å². The Hall–Kier alpha value is -3.17. The number of ether oxygens (including phenoxy) is 1. The van der Waals surface area contributed by atoms with E-state index in [0.717, 1.165) is 42.5 Å². The van der Waals surface area contributed by atoms with Crippen molar-refractivity contribution in [1.29, 1.82) is 0 Å². The van der Waals surface area contributed by atoms with E-state index in [0.29, 0.717) is 18.7 Å². The van der Waals surface area contributed by atoms with Gasteiger partial charge in [0.2, 0.25) is 0 Å². The Bertz CT molecular complexity index is 1160. The lowest BCUT2D eigenvalue weighted by Crippen LogP contribution is -2.38. The Morgan fingerprint density at radius 3 is 2.08 bits per heavy atom. The smallest absolute Gasteiger partial charge is 0.416 e. The van der Waals surface area contributed by atoms with Gasteiger partial charge < -0.3 is 15.4 Å². The van der Waals surface area contributed by atoms with Crippen LogP contribution in [-0.4, -0.2) is 24.8 Å². The highest BCUT2D eigenvalue weighted by Gasteiger charge is 2.37. The predicted octanol–water partition coefficient (Wildman–Crippen LogP) is 6.62. The highest BCUT2D eigenvalue weighted by molar-refractivity contribution is 5.65. The topological polar surface area (TPSA) is 55.6 Å². The van der Waals surface area contributed by atoms with Gasteiger partial charge in [0.15, 0.2) is 0 Å². The molecule has 0 heterocycles. The van der Waals surface area contributed by atoms with Gasteiger partial charge in [0.25, 0.3) is 0 Å². The summed E-state index contributed by atoms with van der Waals surface area (Å²) >= 11 is 0. The Labute approximate surface area is 211 Å². The van der Waals surface area contributed by atoms with Gasteiger partial charge >= 0.3 is 18.4 Å². The van der Waals surface area contributed by atoms with Crippen molar-refractivity contribution in [3.05, 3.63) is 75.9 Å². The second-order valence-corrected chi connectivity index (χ2v) is 9.50. The molecule has 2 aliphatic rings. The van der Waals surface area contributed by atoms with Crippen molar-refractivity contribution in [3.8, 4) is 0 Å². The summed E-state index contributed by atoms with van der Waals surface area (Å²) in [6, 6.07) is 5.73. The lowest BCUT2D eigenvalue weighted by atomic mass is 9.93. The fraction of sp³-hybridized carbons (Fsp3) is 0.444. The first kappa shape index (κ1) is 26.9. The van der Waals surface area contributed by atoms with Gasteiger partial charge in [-0.15, -0.1) is 0 Å². The number of primary amides is 1. The van der Waals surface area contributed by atoms with E-state index in [1.54, 1.807) is 0 Å². The Balaban J connectivity index is 1.71. The first-order chi connectivity index (χ1) is 17.3. The average Bonchev–Trinajstić information content (AvgIpc) is 3.21. The zero-order chi connectivity index (χ0) is 27.0. The fourth-order valence-corrected chi connectivity index (χ4v) is 5.13. The number of benzene rings is 2. The molecular formula is C27H28F6N2O2. The molecule has 2 aromatic carbocycles. The normalized spacial score (nSPS) is 17.8. The molecule has 2 N–H and O–H groups in total. The molecule has 0 fully saturated rings. The fourth-order valence-electron chi connectivity index (χ4n) is 5.13. The number of halogens is 6. The molecule has 0 aliphatic heterocycles. The van der Waals surface area contributed by atoms with Crippen molar-refractivity contribution in [3.63, 3.8) is 0 Å². The quantitative estimate of drug-likeness (QED) is 0.311. The summed E-state index contributed by atoms with van der Waals surface area (Å²) < 4.78 is 85.5. The summed E-state index contributed by atoms with van der Waals surface area (Å²) in [6.45, 7) is 2.71. The van der Waals surface area contributed by atoms with Gasteiger partial charge in [0, 0.05) is 25.1 Å². The first-order valence-electron chi connectivity index (χ1n) is 12.2. The van der Waals surface area contributed by atoms with Crippen molar-refractivity contribution in [2.24, 2.45) is 5.73 Å². The summed E-state index contributed by atoms with van der Waals surface area (Å²) in [5.74, 6) is 0. The molecule has 4 nitrogen and oxygen atoms in total. The van der Waals surface area contributed by atoms with E-state index in [9.17, 15) is 31.1 Å². The molecule has 0 saturated carbocycles. The zero-order valence-electron chi connectivity index (χ0n) is 20.3. The minimum absolute atomic E-state index is 0.0807. The summed E-state index contributed by atoms with van der Waals surface area (Å²) in [5, 5.41) is 0. The SMILES string of the molecule is CCN(c1cc2c(cc1CC(Cc1cc(C(F)(F)F)cc(C(F)(F)F)c1)OC(N)=O)CCC2)C1C=CC1. The van der Waals surface area contributed by atoms with Crippen LogP contribution in [0.25, 0.3) is 0 Å². The summed E-state index contributed by atoms with van der Waals surface area (Å²) in [5.41, 5.74) is 6.29. The zero-order valence-corrected chi connectivity index (χ0v) is 20.3. The lowest BCUT2D eigenvalue weighted by Gasteiger charge is -2.36. The molecule has 2 aliphatic carbocycles. The van der Waals surface area contributed by atoms with Crippen LogP contribution in [0.2, 0.25) is 0 Å². The van der Waals surface area contributed by atoms with E-state index in [1.807, 2.05) is 13.0 Å². The van der Waals surface area contributed by atoms with Crippen LogP contribution >= 0.6 is 0 Å². The van der Waals surface area contributed by atoms with E-state index in [2.05, 4.69) is 23.1 Å². The largest absolute Gasteiger partial charge is 0.446 e. The maximum atomic E-state index is 13.4. The molecule has 0 bridgehead atoms. The van der Waals surface area contributed by atoms with Crippen molar-refractivity contribution < 1.29 is 35.9 Å². The third-order valence-electron chi connectivity index (χ3n) is 6.92. The van der Waals surface area contributed by atoms with Gasteiger partial charge in [-0.25, -0.2) is 4.79 Å². The van der Waals surface area contributed by atoms with Crippen LogP contribution in [0, 0.1) is 0 Å². The lowest BCUT2D eigenvalue weighted by molar-refractivity contribution is -0.143. The minimum atomic E-state index is -4.97. The molecule has 37 heavy (non-hydrogen) atoms. The van der Waals surface area contributed by atoms with Crippen molar-refractivity contribution >= 4 is 11.8 Å². The van der Waals surface area contributed by atoms with Gasteiger partial charge in [-0.05, 0) is 79.1 Å². The van der Waals surface area contributed by atoms with Gasteiger partial charge in [0.05, 0.1) is 17.2 Å². The molecule has 1 amide bonds. The maximum Gasteiger partial charge on any atom is 0.416 e. The second kappa shape index (κ2) is 10.3. The van der Waals surface area contributed by atoms with E-state index in [1.165, 1.54) is 5.56 Å². The van der Waals surface area contributed by atoms with Gasteiger partial charge in [0.1, 0.15) is 6.10 Å². The highest BCUT2D eigenvalue weighted by atomic mass is 19.4. The second-order valence-electron chi connectivity index (χ2n) is 9.50. The molecule has 0 saturated heterocycles. The van der Waals surface area contributed by atoms with Crippen molar-refractivity contribution in [2.75, 3.05) is 11.4 Å². The van der Waals surface area contributed by atoms with Crippen molar-refractivity contribution in [2.45, 2.75) is 69.9 Å². The number of hydrogen-bond donors (Lipinski definition) is 1. The van der Waals surface area contributed by atoms with Crippen LogP contribution in [-0.2, 0) is 42.8 Å². The Kier molecular flexibility index (Phi) is 7.48. The van der Waals surface area contributed by atoms with Crippen LogP contribution < -0.4 is 10.6 Å². The number of amides is 1. The average molecular weight is 527 g/mol. The number of hydrogen-bond acceptors (Lipinski definition) is 3. The Morgan fingerprint density at radius 1 is 1.00 bits per heavy atom. The molecule has 4 rings (SSSR count). The van der Waals surface area contributed by atoms with E-state index < -0.39 is 35.7 Å². The number of fused-ring (bicyclic) bond motifs is 1. The number of alkyl halides is 6. The van der Waals surface area contributed by atoms with E-state index >= 15 is 0 Å². The van der Waals surface area contributed by atoms with E-state index in [4.69, 9.17) is 10.5 Å². The number of carbonyl (C=O) groups is 1. The van der Waals surface area contributed by atoms with Gasteiger partial charge in [-0.1, -0.05) is 18.2 Å². The number of nitrogens with two attached hydrogens (primary N) is 1. The molecular weight excluding hydrogens is 498 g/mol. The molecule has 0 aromatic heterocycles. The standard InChI is InChI=1S/C27H28F6N2O2/c1-2-35(22-7-4-8-22)24-14-18-6-3-5-17(18)12-19(24)13-23(37-25(34)36)11-16-9-20(26(28,29)30)15-21(10-16)27(31,32)33/h4,7,9-10,12,14-15,22-23H,2-3,5-6,8,11,13H2,1H3,(H2,34,36). The minimum Gasteiger partial charge on any atom is -0.446 e. The summed E-state index contributed by atoms with van der Waals surface area (Å²) in [6.07, 6.45) is -4.59. The molecule has 10 heteroatoms. The third-order valence-corrected chi connectivity index (χ3v) is 6.92. The van der Waals surface area contributed by atoms with Crippen molar-refractivity contribution in [1.82, 2.24) is 0 Å². The van der Waals surface area contributed by atoms with Crippen LogP contribution in [0.4, 0.5) is 36.8 Å². The number of likely N-dealkylation sites (N-methyl/N-ethyl adjacent to an activating group) is 1. The number of anilines is 1. The molecule has 2 atom stereocenters. The molecule has 2 aromatic rings. The third kappa shape index (κ3) is 6.22. The highest BCUT2D eigenvalue weighted by Crippen LogP contribution is 2.38. The molecule has 200 valence electrons. The van der Waals surface area contributed by atoms with Crippen LogP contribution in [0.5, 0.6) is 0 Å². The van der Waals surface area contributed by atoms with Crippen LogP contribution in [0.15, 0.2) is 42.5 Å². The molecule has 2 unspecified atom stereocenters. The maximum absolute atomic E-state index is 13.4. The van der Waals surface area contributed by atoms with Gasteiger partial charge in [-0.2, -0.15) is 26.3 Å². The van der Waals surface area contributed by atoms with E-state index in [-0.39, 0.29) is 30.5 Å². The van der Waals surface area contributed by atoms with Crippen LogP contribution in [0.3, 0.4) is 0 Å². The first-order valence-corrected chi connectivity index (χ1v) is 12.2. The number of carbonyl (C=O) groups excluding carboxylic acids is 1. The number of aryl methyl sites for hydroxylation is 2. The number of rotatable bonds is 8. The Morgan fingerprint density at radius 2 is 1.59 bits per heavy atom.